The summed E-state index contributed by atoms with van der Waals surface area (Å²) in [6.07, 6.45) is 4.53. The Labute approximate surface area is 157 Å². The predicted octanol–water partition coefficient (Wildman–Crippen LogP) is 4.17. The van der Waals surface area contributed by atoms with Crippen LogP contribution in [0.3, 0.4) is 0 Å². The van der Waals surface area contributed by atoms with Crippen LogP contribution in [0.2, 0.25) is 0 Å². The maximum atomic E-state index is 12.0. The summed E-state index contributed by atoms with van der Waals surface area (Å²) < 4.78 is 16.2. The Morgan fingerprint density at radius 2 is 1.59 bits per heavy atom. The van der Waals surface area contributed by atoms with E-state index in [1.54, 1.807) is 13.2 Å². The fraction of sp³-hybridized carbons (Fsp3) is 0.333. The fourth-order valence-electron chi connectivity index (χ4n) is 3.32. The van der Waals surface area contributed by atoms with Gasteiger partial charge < -0.3 is 19.3 Å². The van der Waals surface area contributed by atoms with Crippen LogP contribution in [-0.2, 0) is 4.74 Å². The number of carbonyl (C=O) groups is 2. The second kappa shape index (κ2) is 8.12. The lowest BCUT2D eigenvalue weighted by Crippen LogP contribution is -2.12. The maximum Gasteiger partial charge on any atom is 0.338 e. The van der Waals surface area contributed by atoms with Gasteiger partial charge in [-0.1, -0.05) is 12.1 Å². The molecule has 0 bridgehead atoms. The zero-order chi connectivity index (χ0) is 19.4. The molecule has 0 aliphatic heterocycles. The van der Waals surface area contributed by atoms with Crippen LogP contribution in [0.15, 0.2) is 36.4 Å². The predicted molar refractivity (Wildman–Crippen MR) is 99.6 cm³/mol. The van der Waals surface area contributed by atoms with Crippen LogP contribution in [-0.4, -0.2) is 37.4 Å². The normalized spacial score (nSPS) is 14.0. The molecule has 1 aliphatic carbocycles. The van der Waals surface area contributed by atoms with Gasteiger partial charge in [-0.3, -0.25) is 0 Å². The number of methoxy groups -OCH3 is 2. The van der Waals surface area contributed by atoms with Crippen LogP contribution in [0.5, 0.6) is 11.5 Å². The summed E-state index contributed by atoms with van der Waals surface area (Å²) in [5.74, 6) is -0.586. The SMILES string of the molecule is COC(=O)c1cc(-c2ccc(OC)c(OC3CCCC3)c2)ccc1C(=O)O. The van der Waals surface area contributed by atoms with Gasteiger partial charge in [0, 0.05) is 0 Å². The first kappa shape index (κ1) is 18.8. The third-order valence-corrected chi connectivity index (χ3v) is 4.75. The van der Waals surface area contributed by atoms with Crippen LogP contribution in [0.1, 0.15) is 46.4 Å². The molecule has 2 aromatic rings. The molecular weight excluding hydrogens is 348 g/mol. The summed E-state index contributed by atoms with van der Waals surface area (Å²) in [5.41, 5.74) is 1.41. The zero-order valence-corrected chi connectivity index (χ0v) is 15.4. The van der Waals surface area contributed by atoms with Crippen molar-refractivity contribution in [2.75, 3.05) is 14.2 Å². The Balaban J connectivity index is 2.00. The molecule has 0 unspecified atom stereocenters. The highest BCUT2D eigenvalue weighted by atomic mass is 16.5. The van der Waals surface area contributed by atoms with E-state index in [0.717, 1.165) is 31.2 Å². The highest BCUT2D eigenvalue weighted by Crippen LogP contribution is 2.36. The number of hydrogen-bond donors (Lipinski definition) is 1. The van der Waals surface area contributed by atoms with E-state index < -0.39 is 11.9 Å². The highest BCUT2D eigenvalue weighted by Gasteiger charge is 2.21. The molecule has 27 heavy (non-hydrogen) atoms. The van der Waals surface area contributed by atoms with Crippen molar-refractivity contribution >= 4 is 11.9 Å². The first-order valence-corrected chi connectivity index (χ1v) is 8.84. The molecule has 1 aliphatic rings. The summed E-state index contributed by atoms with van der Waals surface area (Å²) in [7, 11) is 2.81. The third-order valence-electron chi connectivity index (χ3n) is 4.75. The number of rotatable bonds is 6. The molecule has 0 aromatic heterocycles. The molecule has 6 nitrogen and oxygen atoms in total. The van der Waals surface area contributed by atoms with Crippen molar-refractivity contribution in [1.29, 1.82) is 0 Å². The van der Waals surface area contributed by atoms with Gasteiger partial charge in [-0.25, -0.2) is 9.59 Å². The van der Waals surface area contributed by atoms with E-state index in [2.05, 4.69) is 0 Å². The summed E-state index contributed by atoms with van der Waals surface area (Å²) in [5, 5.41) is 9.30. The standard InChI is InChI=1S/C21H22O6/c1-25-18-10-8-14(12-19(18)27-15-5-3-4-6-15)13-7-9-16(20(22)23)17(11-13)21(24)26-2/h7-12,15H,3-6H2,1-2H3,(H,22,23). The number of ether oxygens (including phenoxy) is 3. The molecule has 0 spiro atoms. The van der Waals surface area contributed by atoms with E-state index in [9.17, 15) is 14.7 Å². The number of esters is 1. The van der Waals surface area contributed by atoms with Crippen molar-refractivity contribution in [1.82, 2.24) is 0 Å². The van der Waals surface area contributed by atoms with Crippen molar-refractivity contribution in [3.05, 3.63) is 47.5 Å². The van der Waals surface area contributed by atoms with Gasteiger partial charge in [-0.15, -0.1) is 0 Å². The molecule has 6 heteroatoms. The van der Waals surface area contributed by atoms with Crippen molar-refractivity contribution in [2.45, 2.75) is 31.8 Å². The van der Waals surface area contributed by atoms with Crippen LogP contribution in [0, 0.1) is 0 Å². The Kier molecular flexibility index (Phi) is 5.64. The number of carbonyl (C=O) groups excluding carboxylic acids is 1. The largest absolute Gasteiger partial charge is 0.493 e. The Bertz CT molecular complexity index is 852. The van der Waals surface area contributed by atoms with Crippen molar-refractivity contribution in [3.63, 3.8) is 0 Å². The smallest absolute Gasteiger partial charge is 0.338 e. The topological polar surface area (TPSA) is 82.1 Å². The molecule has 3 rings (SSSR count). The fourth-order valence-corrected chi connectivity index (χ4v) is 3.32. The quantitative estimate of drug-likeness (QED) is 0.769. The third kappa shape index (κ3) is 4.05. The van der Waals surface area contributed by atoms with Crippen LogP contribution in [0.4, 0.5) is 0 Å². The zero-order valence-electron chi connectivity index (χ0n) is 15.4. The first-order chi connectivity index (χ1) is 13.0. The molecule has 1 saturated carbocycles. The molecule has 0 atom stereocenters. The number of carboxylic acid groups (broad SMARTS) is 1. The first-order valence-electron chi connectivity index (χ1n) is 8.84. The summed E-state index contributed by atoms with van der Waals surface area (Å²) in [6.45, 7) is 0. The highest BCUT2D eigenvalue weighted by molar-refractivity contribution is 6.03. The van der Waals surface area contributed by atoms with Crippen LogP contribution >= 0.6 is 0 Å². The lowest BCUT2D eigenvalue weighted by atomic mass is 9.98. The number of hydrogen-bond acceptors (Lipinski definition) is 5. The van der Waals surface area contributed by atoms with E-state index in [1.165, 1.54) is 19.2 Å². The molecular formula is C21H22O6. The summed E-state index contributed by atoms with van der Waals surface area (Å²) in [4.78, 5) is 23.4. The van der Waals surface area contributed by atoms with Gasteiger partial charge in [0.15, 0.2) is 11.5 Å². The molecule has 1 fully saturated rings. The van der Waals surface area contributed by atoms with E-state index in [1.807, 2.05) is 18.2 Å². The van der Waals surface area contributed by atoms with Gasteiger partial charge in [0.25, 0.3) is 0 Å². The molecule has 0 saturated heterocycles. The van der Waals surface area contributed by atoms with E-state index >= 15 is 0 Å². The minimum atomic E-state index is -1.18. The minimum absolute atomic E-state index is 0.0107. The number of carboxylic acids is 1. The van der Waals surface area contributed by atoms with E-state index in [4.69, 9.17) is 14.2 Å². The Morgan fingerprint density at radius 1 is 0.926 bits per heavy atom. The second-order valence-electron chi connectivity index (χ2n) is 6.45. The van der Waals surface area contributed by atoms with Gasteiger partial charge in [0.2, 0.25) is 0 Å². The van der Waals surface area contributed by atoms with Gasteiger partial charge in [-0.2, -0.15) is 0 Å². The van der Waals surface area contributed by atoms with Gasteiger partial charge >= 0.3 is 11.9 Å². The van der Waals surface area contributed by atoms with Gasteiger partial charge in [0.1, 0.15) is 0 Å². The Hall–Kier alpha value is -3.02. The Morgan fingerprint density at radius 3 is 2.22 bits per heavy atom. The summed E-state index contributed by atoms with van der Waals surface area (Å²) >= 11 is 0. The molecule has 0 radical (unpaired) electrons. The molecule has 1 N–H and O–H groups in total. The lowest BCUT2D eigenvalue weighted by molar-refractivity contribution is 0.0583. The maximum absolute atomic E-state index is 12.0. The van der Waals surface area contributed by atoms with E-state index in [-0.39, 0.29) is 17.2 Å². The molecule has 0 amide bonds. The number of aromatic carboxylic acids is 1. The average molecular weight is 370 g/mol. The second-order valence-corrected chi connectivity index (χ2v) is 6.45. The monoisotopic (exact) mass is 370 g/mol. The molecule has 2 aromatic carbocycles. The molecule has 142 valence electrons. The van der Waals surface area contributed by atoms with Crippen molar-refractivity contribution in [2.24, 2.45) is 0 Å². The van der Waals surface area contributed by atoms with Crippen molar-refractivity contribution in [3.8, 4) is 22.6 Å². The van der Waals surface area contributed by atoms with Gasteiger partial charge in [-0.05, 0) is 61.1 Å². The minimum Gasteiger partial charge on any atom is -0.493 e. The van der Waals surface area contributed by atoms with Crippen molar-refractivity contribution < 1.29 is 28.9 Å². The molecule has 0 heterocycles. The van der Waals surface area contributed by atoms with Crippen LogP contribution in [0.25, 0.3) is 11.1 Å². The van der Waals surface area contributed by atoms with E-state index in [0.29, 0.717) is 17.1 Å². The number of benzene rings is 2. The summed E-state index contributed by atoms with van der Waals surface area (Å²) in [6, 6.07) is 10.1. The lowest BCUT2D eigenvalue weighted by Gasteiger charge is -2.17. The average Bonchev–Trinajstić information content (AvgIpc) is 3.19. The van der Waals surface area contributed by atoms with Gasteiger partial charge in [0.05, 0.1) is 31.5 Å². The van der Waals surface area contributed by atoms with Crippen LogP contribution < -0.4 is 9.47 Å².